The maximum atomic E-state index is 6.08. The van der Waals surface area contributed by atoms with Crippen LogP contribution in [0.3, 0.4) is 0 Å². The lowest BCUT2D eigenvalue weighted by Crippen LogP contribution is -3.05. The summed E-state index contributed by atoms with van der Waals surface area (Å²) in [5.41, 5.74) is 0.987. The molecule has 17 heavy (non-hydrogen) atoms. The molecule has 0 saturated heterocycles. The van der Waals surface area contributed by atoms with Crippen LogP contribution in [-0.2, 0) is 0 Å². The van der Waals surface area contributed by atoms with E-state index in [4.69, 9.17) is 27.9 Å². The molecule has 0 heterocycles. The zero-order valence-electron chi connectivity index (χ0n) is 10.6. The van der Waals surface area contributed by atoms with E-state index in [9.17, 15) is 0 Å². The monoisotopic (exact) mass is 276 g/mol. The maximum Gasteiger partial charge on any atom is 0.140 e. The van der Waals surface area contributed by atoms with E-state index in [0.717, 1.165) is 30.7 Å². The van der Waals surface area contributed by atoms with E-state index >= 15 is 0 Å². The third-order valence-corrected chi connectivity index (χ3v) is 3.01. The Labute approximate surface area is 113 Å². The van der Waals surface area contributed by atoms with Crippen molar-refractivity contribution in [2.24, 2.45) is 0 Å². The summed E-state index contributed by atoms with van der Waals surface area (Å²) < 4.78 is 5.70. The number of aryl methyl sites for hydroxylation is 1. The van der Waals surface area contributed by atoms with Gasteiger partial charge in [0.05, 0.1) is 32.3 Å². The van der Waals surface area contributed by atoms with Crippen molar-refractivity contribution in [2.45, 2.75) is 19.8 Å². The van der Waals surface area contributed by atoms with Crippen LogP contribution in [0.4, 0.5) is 0 Å². The fourth-order valence-corrected chi connectivity index (χ4v) is 2.28. The highest BCUT2D eigenvalue weighted by Crippen LogP contribution is 2.31. The molecule has 1 rings (SSSR count). The van der Waals surface area contributed by atoms with Gasteiger partial charge in [-0.05, 0) is 37.5 Å². The van der Waals surface area contributed by atoms with Gasteiger partial charge in [0.1, 0.15) is 5.75 Å². The maximum absolute atomic E-state index is 6.08. The third-order valence-electron chi connectivity index (χ3n) is 2.51. The van der Waals surface area contributed by atoms with Gasteiger partial charge >= 0.3 is 0 Å². The summed E-state index contributed by atoms with van der Waals surface area (Å²) in [5, 5.41) is 1.24. The SMILES string of the molecule is Cc1cc(Cl)cc(Cl)c1OCCCC[NH+](C)C. The molecule has 0 aliphatic heterocycles. The number of ether oxygens (including phenoxy) is 1. The first-order chi connectivity index (χ1) is 8.00. The number of halogens is 2. The predicted molar refractivity (Wildman–Crippen MR) is 73.6 cm³/mol. The molecule has 0 saturated carbocycles. The fraction of sp³-hybridized carbons (Fsp3) is 0.538. The molecule has 96 valence electrons. The highest BCUT2D eigenvalue weighted by atomic mass is 35.5. The lowest BCUT2D eigenvalue weighted by molar-refractivity contribution is -0.858. The van der Waals surface area contributed by atoms with Crippen LogP contribution in [0.15, 0.2) is 12.1 Å². The van der Waals surface area contributed by atoms with Crippen molar-refractivity contribution >= 4 is 23.2 Å². The molecule has 2 nitrogen and oxygen atoms in total. The number of unbranched alkanes of at least 4 members (excludes halogenated alkanes) is 1. The average molecular weight is 277 g/mol. The van der Waals surface area contributed by atoms with Crippen molar-refractivity contribution in [1.29, 1.82) is 0 Å². The molecule has 0 unspecified atom stereocenters. The standard InChI is InChI=1S/C13H19Cl2NO/c1-10-8-11(14)9-12(15)13(10)17-7-5-4-6-16(2)3/h8-9H,4-7H2,1-3H3/p+1. The smallest absolute Gasteiger partial charge is 0.140 e. The molecule has 1 aromatic carbocycles. The van der Waals surface area contributed by atoms with Crippen LogP contribution in [-0.4, -0.2) is 27.2 Å². The van der Waals surface area contributed by atoms with E-state index in [1.54, 1.807) is 6.07 Å². The van der Waals surface area contributed by atoms with Crippen LogP contribution in [0, 0.1) is 6.92 Å². The molecule has 0 aliphatic carbocycles. The third kappa shape index (κ3) is 5.15. The molecule has 0 aromatic heterocycles. The van der Waals surface area contributed by atoms with E-state index in [2.05, 4.69) is 14.1 Å². The largest absolute Gasteiger partial charge is 0.492 e. The Hall–Kier alpha value is -0.440. The number of hydrogen-bond acceptors (Lipinski definition) is 1. The first kappa shape index (κ1) is 14.6. The molecule has 0 spiro atoms. The second-order valence-corrected chi connectivity index (χ2v) is 5.39. The van der Waals surface area contributed by atoms with Gasteiger partial charge in [-0.3, -0.25) is 0 Å². The van der Waals surface area contributed by atoms with Gasteiger partial charge < -0.3 is 9.64 Å². The Bertz CT molecular complexity index is 343. The zero-order chi connectivity index (χ0) is 12.8. The first-order valence-corrected chi connectivity index (χ1v) is 6.63. The zero-order valence-corrected chi connectivity index (χ0v) is 12.2. The fourth-order valence-electron chi connectivity index (χ4n) is 1.63. The van der Waals surface area contributed by atoms with E-state index in [-0.39, 0.29) is 0 Å². The van der Waals surface area contributed by atoms with Gasteiger partial charge in [-0.2, -0.15) is 0 Å². The number of benzene rings is 1. The van der Waals surface area contributed by atoms with Crippen molar-refractivity contribution in [2.75, 3.05) is 27.2 Å². The number of rotatable bonds is 6. The van der Waals surface area contributed by atoms with Crippen molar-refractivity contribution in [1.82, 2.24) is 0 Å². The Morgan fingerprint density at radius 3 is 2.47 bits per heavy atom. The quantitative estimate of drug-likeness (QED) is 0.789. The Balaban J connectivity index is 2.42. The highest BCUT2D eigenvalue weighted by Gasteiger charge is 2.07. The van der Waals surface area contributed by atoms with Crippen molar-refractivity contribution in [3.63, 3.8) is 0 Å². The van der Waals surface area contributed by atoms with Crippen LogP contribution < -0.4 is 9.64 Å². The molecule has 4 heteroatoms. The summed E-state index contributed by atoms with van der Waals surface area (Å²) >= 11 is 12.0. The molecule has 1 N–H and O–H groups in total. The predicted octanol–water partition coefficient (Wildman–Crippen LogP) is 2.61. The summed E-state index contributed by atoms with van der Waals surface area (Å²) in [6, 6.07) is 3.59. The van der Waals surface area contributed by atoms with Crippen molar-refractivity contribution in [3.8, 4) is 5.75 Å². The molecule has 0 bridgehead atoms. The summed E-state index contributed by atoms with van der Waals surface area (Å²) in [7, 11) is 4.31. The van der Waals surface area contributed by atoms with E-state index in [1.165, 1.54) is 4.90 Å². The lowest BCUT2D eigenvalue weighted by atomic mass is 10.2. The van der Waals surface area contributed by atoms with Crippen LogP contribution >= 0.6 is 23.2 Å². The van der Waals surface area contributed by atoms with Crippen LogP contribution in [0.2, 0.25) is 10.0 Å². The molecular formula is C13H20Cl2NO+. The molecule has 0 atom stereocenters. The Morgan fingerprint density at radius 2 is 1.88 bits per heavy atom. The molecule has 0 aliphatic rings. The summed E-state index contributed by atoms with van der Waals surface area (Å²) in [6.45, 7) is 3.82. The van der Waals surface area contributed by atoms with Crippen LogP contribution in [0.5, 0.6) is 5.75 Å². The lowest BCUT2D eigenvalue weighted by Gasteiger charge is -2.12. The van der Waals surface area contributed by atoms with E-state index in [0.29, 0.717) is 16.7 Å². The minimum atomic E-state index is 0.591. The van der Waals surface area contributed by atoms with Crippen molar-refractivity contribution in [3.05, 3.63) is 27.7 Å². The molecular weight excluding hydrogens is 257 g/mol. The average Bonchev–Trinajstić information content (AvgIpc) is 2.20. The van der Waals surface area contributed by atoms with Gasteiger partial charge in [-0.1, -0.05) is 23.2 Å². The summed E-state index contributed by atoms with van der Waals surface area (Å²) in [6.07, 6.45) is 2.20. The first-order valence-electron chi connectivity index (χ1n) is 5.88. The van der Waals surface area contributed by atoms with Crippen LogP contribution in [0.1, 0.15) is 18.4 Å². The van der Waals surface area contributed by atoms with E-state index in [1.807, 2.05) is 13.0 Å². The molecule has 0 fully saturated rings. The topological polar surface area (TPSA) is 13.7 Å². The molecule has 0 amide bonds. The van der Waals surface area contributed by atoms with E-state index < -0.39 is 0 Å². The van der Waals surface area contributed by atoms with Gasteiger partial charge in [-0.25, -0.2) is 0 Å². The molecule has 1 aromatic rings. The van der Waals surface area contributed by atoms with Gasteiger partial charge in [0.25, 0.3) is 0 Å². The van der Waals surface area contributed by atoms with Gasteiger partial charge in [0.15, 0.2) is 0 Å². The highest BCUT2D eigenvalue weighted by molar-refractivity contribution is 6.35. The Morgan fingerprint density at radius 1 is 1.18 bits per heavy atom. The summed E-state index contributed by atoms with van der Waals surface area (Å²) in [4.78, 5) is 1.46. The Kier molecular flexibility index (Phi) is 6.10. The normalized spacial score (nSPS) is 10.9. The number of hydrogen-bond donors (Lipinski definition) is 1. The second kappa shape index (κ2) is 7.10. The van der Waals surface area contributed by atoms with Gasteiger partial charge in [-0.15, -0.1) is 0 Å². The summed E-state index contributed by atoms with van der Waals surface area (Å²) in [5.74, 6) is 0.758. The van der Waals surface area contributed by atoms with Crippen LogP contribution in [0.25, 0.3) is 0 Å². The second-order valence-electron chi connectivity index (χ2n) is 4.55. The van der Waals surface area contributed by atoms with Crippen molar-refractivity contribution < 1.29 is 9.64 Å². The van der Waals surface area contributed by atoms with Gasteiger partial charge in [0.2, 0.25) is 0 Å². The minimum Gasteiger partial charge on any atom is -0.492 e. The number of quaternary nitrogens is 1. The minimum absolute atomic E-state index is 0.591. The molecule has 0 radical (unpaired) electrons. The number of nitrogens with one attached hydrogen (secondary N) is 1. The van der Waals surface area contributed by atoms with Gasteiger partial charge in [0, 0.05) is 5.02 Å².